The van der Waals surface area contributed by atoms with Crippen LogP contribution in [0.4, 0.5) is 0 Å². The number of thiazole rings is 1. The standard InChI is InChI=1S/C14H22N6S.HI/c1-11(2)12-10-21-13(19-12)9-17-14(15-3)16-6-8-20-7-4-5-18-20;/h4-5,7,10-11H,6,8-9H2,1-3H3,(H2,15,16,17);1H. The van der Waals surface area contributed by atoms with Crippen molar-refractivity contribution in [2.45, 2.75) is 32.9 Å². The molecule has 0 spiro atoms. The van der Waals surface area contributed by atoms with Crippen molar-refractivity contribution in [3.63, 3.8) is 0 Å². The maximum absolute atomic E-state index is 4.60. The average Bonchev–Trinajstić information content (AvgIpc) is 3.13. The van der Waals surface area contributed by atoms with Crippen molar-refractivity contribution >= 4 is 41.3 Å². The van der Waals surface area contributed by atoms with Crippen LogP contribution in [-0.2, 0) is 13.1 Å². The largest absolute Gasteiger partial charge is 0.355 e. The van der Waals surface area contributed by atoms with Crippen LogP contribution in [0.15, 0.2) is 28.8 Å². The molecule has 0 aliphatic rings. The molecule has 22 heavy (non-hydrogen) atoms. The molecule has 0 fully saturated rings. The van der Waals surface area contributed by atoms with Crippen LogP contribution >= 0.6 is 35.3 Å². The van der Waals surface area contributed by atoms with E-state index in [1.807, 2.05) is 16.9 Å². The highest BCUT2D eigenvalue weighted by Crippen LogP contribution is 2.17. The molecule has 0 aliphatic carbocycles. The third-order valence-corrected chi connectivity index (χ3v) is 3.85. The van der Waals surface area contributed by atoms with E-state index in [2.05, 4.69) is 44.9 Å². The summed E-state index contributed by atoms with van der Waals surface area (Å²) in [4.78, 5) is 8.80. The summed E-state index contributed by atoms with van der Waals surface area (Å²) in [6.07, 6.45) is 3.72. The number of halogens is 1. The summed E-state index contributed by atoms with van der Waals surface area (Å²) >= 11 is 1.68. The van der Waals surface area contributed by atoms with Crippen molar-refractivity contribution in [2.75, 3.05) is 13.6 Å². The van der Waals surface area contributed by atoms with Crippen LogP contribution in [0.3, 0.4) is 0 Å². The highest BCUT2D eigenvalue weighted by Gasteiger charge is 2.06. The first-order chi connectivity index (χ1) is 10.2. The fraction of sp³-hybridized carbons (Fsp3) is 0.500. The van der Waals surface area contributed by atoms with Gasteiger partial charge in [-0.3, -0.25) is 9.67 Å². The molecule has 0 unspecified atom stereocenters. The van der Waals surface area contributed by atoms with E-state index >= 15 is 0 Å². The van der Waals surface area contributed by atoms with Gasteiger partial charge in [-0.05, 0) is 12.0 Å². The van der Waals surface area contributed by atoms with Crippen molar-refractivity contribution in [3.8, 4) is 0 Å². The monoisotopic (exact) mass is 434 g/mol. The Morgan fingerprint density at radius 1 is 1.41 bits per heavy atom. The van der Waals surface area contributed by atoms with Crippen LogP contribution in [0, 0.1) is 0 Å². The normalized spacial score (nSPS) is 11.4. The van der Waals surface area contributed by atoms with Gasteiger partial charge in [0.05, 0.1) is 18.8 Å². The third-order valence-electron chi connectivity index (χ3n) is 2.98. The first-order valence-electron chi connectivity index (χ1n) is 7.05. The number of aliphatic imine (C=N–C) groups is 1. The molecule has 2 aromatic rings. The summed E-state index contributed by atoms with van der Waals surface area (Å²) in [6.45, 7) is 6.59. The minimum absolute atomic E-state index is 0. The minimum Gasteiger partial charge on any atom is -0.355 e. The SMILES string of the molecule is CN=C(NCCn1cccn1)NCc1nc(C(C)C)cs1.I. The third kappa shape index (κ3) is 5.91. The number of guanidine groups is 1. The Morgan fingerprint density at radius 2 is 2.23 bits per heavy atom. The van der Waals surface area contributed by atoms with Crippen LogP contribution in [-0.4, -0.2) is 34.3 Å². The van der Waals surface area contributed by atoms with Gasteiger partial charge in [0.2, 0.25) is 0 Å². The number of hydrogen-bond donors (Lipinski definition) is 2. The zero-order valence-electron chi connectivity index (χ0n) is 13.1. The van der Waals surface area contributed by atoms with Gasteiger partial charge in [0, 0.05) is 31.4 Å². The highest BCUT2D eigenvalue weighted by molar-refractivity contribution is 14.0. The second-order valence-corrected chi connectivity index (χ2v) is 5.89. The van der Waals surface area contributed by atoms with Crippen LogP contribution in [0.2, 0.25) is 0 Å². The molecule has 0 amide bonds. The molecular weight excluding hydrogens is 411 g/mol. The van der Waals surface area contributed by atoms with Gasteiger partial charge < -0.3 is 10.6 Å². The molecule has 2 N–H and O–H groups in total. The fourth-order valence-corrected chi connectivity index (χ4v) is 2.67. The lowest BCUT2D eigenvalue weighted by Gasteiger charge is -2.10. The quantitative estimate of drug-likeness (QED) is 0.417. The Bertz CT molecular complexity index is 564. The van der Waals surface area contributed by atoms with Crippen LogP contribution < -0.4 is 10.6 Å². The van der Waals surface area contributed by atoms with Crippen molar-refractivity contribution in [1.82, 2.24) is 25.4 Å². The second-order valence-electron chi connectivity index (χ2n) is 4.94. The summed E-state index contributed by atoms with van der Waals surface area (Å²) in [7, 11) is 1.77. The number of hydrogen-bond acceptors (Lipinski definition) is 4. The summed E-state index contributed by atoms with van der Waals surface area (Å²) in [5, 5.41) is 13.9. The van der Waals surface area contributed by atoms with Gasteiger partial charge in [-0.1, -0.05) is 13.8 Å². The van der Waals surface area contributed by atoms with E-state index in [1.165, 1.54) is 0 Å². The molecule has 0 radical (unpaired) electrons. The molecule has 2 rings (SSSR count). The molecule has 2 aromatic heterocycles. The molecule has 0 saturated heterocycles. The van der Waals surface area contributed by atoms with Crippen molar-refractivity contribution in [3.05, 3.63) is 34.5 Å². The van der Waals surface area contributed by atoms with Crippen LogP contribution in [0.1, 0.15) is 30.5 Å². The van der Waals surface area contributed by atoms with Gasteiger partial charge in [0.15, 0.2) is 5.96 Å². The van der Waals surface area contributed by atoms with E-state index in [9.17, 15) is 0 Å². The molecule has 0 atom stereocenters. The van der Waals surface area contributed by atoms with E-state index in [1.54, 1.807) is 24.6 Å². The number of aromatic nitrogens is 3. The molecule has 0 saturated carbocycles. The average molecular weight is 434 g/mol. The van der Waals surface area contributed by atoms with Crippen molar-refractivity contribution in [1.29, 1.82) is 0 Å². The maximum atomic E-state index is 4.60. The lowest BCUT2D eigenvalue weighted by molar-refractivity contribution is 0.597. The summed E-state index contributed by atoms with van der Waals surface area (Å²) in [5.74, 6) is 1.25. The first kappa shape index (κ1) is 18.9. The molecule has 6 nitrogen and oxygen atoms in total. The van der Waals surface area contributed by atoms with E-state index in [0.29, 0.717) is 12.5 Å². The number of nitrogens with one attached hydrogen (secondary N) is 2. The zero-order valence-corrected chi connectivity index (χ0v) is 16.3. The molecule has 8 heteroatoms. The number of rotatable bonds is 6. The Hall–Kier alpha value is -1.16. The minimum atomic E-state index is 0. The van der Waals surface area contributed by atoms with Crippen molar-refractivity contribution < 1.29 is 0 Å². The second kappa shape index (κ2) is 9.78. The Morgan fingerprint density at radius 3 is 2.82 bits per heavy atom. The van der Waals surface area contributed by atoms with Gasteiger partial charge in [-0.25, -0.2) is 4.98 Å². The molecule has 0 bridgehead atoms. The molecule has 2 heterocycles. The van der Waals surface area contributed by atoms with E-state index in [-0.39, 0.29) is 24.0 Å². The van der Waals surface area contributed by atoms with Gasteiger partial charge >= 0.3 is 0 Å². The lowest BCUT2D eigenvalue weighted by Crippen LogP contribution is -2.38. The predicted molar refractivity (Wildman–Crippen MR) is 102 cm³/mol. The summed E-state index contributed by atoms with van der Waals surface area (Å²) < 4.78 is 1.88. The molecule has 0 aliphatic heterocycles. The number of nitrogens with zero attached hydrogens (tertiary/aromatic N) is 4. The molecule has 0 aromatic carbocycles. The highest BCUT2D eigenvalue weighted by atomic mass is 127. The Labute approximate surface area is 152 Å². The zero-order chi connectivity index (χ0) is 15.1. The topological polar surface area (TPSA) is 67.1 Å². The van der Waals surface area contributed by atoms with Gasteiger partial charge in [-0.2, -0.15) is 5.10 Å². The van der Waals surface area contributed by atoms with Gasteiger partial charge in [0.1, 0.15) is 5.01 Å². The van der Waals surface area contributed by atoms with Crippen LogP contribution in [0.25, 0.3) is 0 Å². The van der Waals surface area contributed by atoms with Crippen molar-refractivity contribution in [2.24, 2.45) is 4.99 Å². The van der Waals surface area contributed by atoms with E-state index < -0.39 is 0 Å². The summed E-state index contributed by atoms with van der Waals surface area (Å²) in [6, 6.07) is 1.92. The Balaban J connectivity index is 0.00000242. The maximum Gasteiger partial charge on any atom is 0.191 e. The van der Waals surface area contributed by atoms with E-state index in [4.69, 9.17) is 0 Å². The lowest BCUT2D eigenvalue weighted by atomic mass is 10.2. The van der Waals surface area contributed by atoms with Gasteiger partial charge in [-0.15, -0.1) is 35.3 Å². The van der Waals surface area contributed by atoms with E-state index in [0.717, 1.165) is 29.8 Å². The predicted octanol–water partition coefficient (Wildman–Crippen LogP) is 2.45. The Kier molecular flexibility index (Phi) is 8.39. The molecular formula is C14H23IN6S. The molecule has 122 valence electrons. The van der Waals surface area contributed by atoms with Crippen LogP contribution in [0.5, 0.6) is 0 Å². The summed E-state index contributed by atoms with van der Waals surface area (Å²) in [5.41, 5.74) is 1.15. The fourth-order valence-electron chi connectivity index (χ4n) is 1.77. The van der Waals surface area contributed by atoms with Gasteiger partial charge in [0.25, 0.3) is 0 Å². The first-order valence-corrected chi connectivity index (χ1v) is 7.93. The smallest absolute Gasteiger partial charge is 0.191 e.